The first-order valence-electron chi connectivity index (χ1n) is 13.3. The first-order chi connectivity index (χ1) is 19.5. The number of esters is 1. The van der Waals surface area contributed by atoms with E-state index in [1.807, 2.05) is 12.1 Å². The number of carbonyl (C=O) groups excluding carboxylic acids is 1. The van der Waals surface area contributed by atoms with Crippen LogP contribution in [0.1, 0.15) is 29.8 Å². The van der Waals surface area contributed by atoms with E-state index in [2.05, 4.69) is 54.2 Å². The van der Waals surface area contributed by atoms with Gasteiger partial charge in [0.2, 0.25) is 0 Å². The molecule has 1 atom stereocenters. The third-order valence-corrected chi connectivity index (χ3v) is 8.61. The molecule has 0 bridgehead atoms. The molecule has 4 aromatic carbocycles. The third kappa shape index (κ3) is 7.64. The Morgan fingerprint density at radius 1 is 0.951 bits per heavy atom. The van der Waals surface area contributed by atoms with Gasteiger partial charge in [-0.3, -0.25) is 4.31 Å². The standard InChI is InChI=1S/C32H36N2O6S/c1-32(2,20-23-12-13-24-8-5-6-9-25(24)18-23)33-21-28(35)22-40-29-16-14-27(15-17-29)34(3)41(37,38)30-11-7-10-26(19-30)31(36)39-4/h5-19,28,33,35H,20-22H2,1-4H3/t28-/m1/s1. The first-order valence-corrected chi connectivity index (χ1v) is 14.7. The molecule has 2 N–H and O–H groups in total. The number of anilines is 1. The van der Waals surface area contributed by atoms with Gasteiger partial charge in [-0.15, -0.1) is 0 Å². The van der Waals surface area contributed by atoms with Gasteiger partial charge in [0, 0.05) is 19.1 Å². The second kappa shape index (κ2) is 12.7. The van der Waals surface area contributed by atoms with Gasteiger partial charge < -0.3 is 19.9 Å². The molecule has 0 aliphatic heterocycles. The molecule has 0 aromatic heterocycles. The summed E-state index contributed by atoms with van der Waals surface area (Å²) in [7, 11) is -1.24. The van der Waals surface area contributed by atoms with Crippen molar-refractivity contribution < 1.29 is 27.8 Å². The summed E-state index contributed by atoms with van der Waals surface area (Å²) in [5, 5.41) is 16.4. The van der Waals surface area contributed by atoms with Gasteiger partial charge in [0.25, 0.3) is 10.0 Å². The lowest BCUT2D eigenvalue weighted by molar-refractivity contribution is 0.0600. The predicted octanol–water partition coefficient (Wildman–Crippen LogP) is 4.80. The van der Waals surface area contributed by atoms with Gasteiger partial charge in [-0.1, -0.05) is 48.5 Å². The molecule has 0 amide bonds. The molecule has 0 saturated heterocycles. The molecule has 9 heteroatoms. The molecule has 0 radical (unpaired) electrons. The minimum absolute atomic E-state index is 0.0256. The lowest BCUT2D eigenvalue weighted by Gasteiger charge is -2.28. The number of hydrogen-bond acceptors (Lipinski definition) is 7. The maximum Gasteiger partial charge on any atom is 0.337 e. The number of aliphatic hydroxyl groups is 1. The SMILES string of the molecule is COC(=O)c1cccc(S(=O)(=O)N(C)c2ccc(OC[C@H](O)CNC(C)(C)Cc3ccc4ccccc4c3)cc2)c1. The fourth-order valence-electron chi connectivity index (χ4n) is 4.52. The Balaban J connectivity index is 1.29. The smallest absolute Gasteiger partial charge is 0.337 e. The number of nitrogens with one attached hydrogen (secondary N) is 1. The van der Waals surface area contributed by atoms with E-state index < -0.39 is 22.1 Å². The number of hydrogen-bond donors (Lipinski definition) is 2. The number of benzene rings is 4. The summed E-state index contributed by atoms with van der Waals surface area (Å²) >= 11 is 0. The molecule has 8 nitrogen and oxygen atoms in total. The van der Waals surface area contributed by atoms with E-state index in [4.69, 9.17) is 4.74 Å². The van der Waals surface area contributed by atoms with Crippen LogP contribution in [0, 0.1) is 0 Å². The van der Waals surface area contributed by atoms with Crippen LogP contribution in [0.25, 0.3) is 10.8 Å². The Morgan fingerprint density at radius 3 is 2.37 bits per heavy atom. The van der Waals surface area contributed by atoms with Gasteiger partial charge in [0.05, 0.1) is 23.3 Å². The van der Waals surface area contributed by atoms with E-state index in [-0.39, 0.29) is 22.6 Å². The minimum Gasteiger partial charge on any atom is -0.491 e. The van der Waals surface area contributed by atoms with Gasteiger partial charge in [-0.2, -0.15) is 0 Å². The largest absolute Gasteiger partial charge is 0.491 e. The van der Waals surface area contributed by atoms with E-state index in [0.29, 0.717) is 18.0 Å². The highest BCUT2D eigenvalue weighted by Gasteiger charge is 2.23. The molecular weight excluding hydrogens is 540 g/mol. The van der Waals surface area contributed by atoms with Crippen LogP contribution < -0.4 is 14.4 Å². The molecule has 0 spiro atoms. The number of sulfonamides is 1. The number of rotatable bonds is 12. The van der Waals surface area contributed by atoms with Gasteiger partial charge in [0.1, 0.15) is 18.5 Å². The van der Waals surface area contributed by atoms with Crippen LogP contribution in [-0.4, -0.2) is 58.4 Å². The van der Waals surface area contributed by atoms with Crippen molar-refractivity contribution in [1.82, 2.24) is 5.32 Å². The van der Waals surface area contributed by atoms with Crippen LogP contribution in [0.5, 0.6) is 5.75 Å². The van der Waals surface area contributed by atoms with Gasteiger partial charge in [-0.05, 0) is 79.1 Å². The average molecular weight is 577 g/mol. The van der Waals surface area contributed by atoms with E-state index >= 15 is 0 Å². The molecule has 41 heavy (non-hydrogen) atoms. The number of methoxy groups -OCH3 is 1. The quantitative estimate of drug-likeness (QED) is 0.233. The zero-order valence-electron chi connectivity index (χ0n) is 23.7. The minimum atomic E-state index is -3.91. The molecule has 0 unspecified atom stereocenters. The molecule has 4 rings (SSSR count). The zero-order chi connectivity index (χ0) is 29.6. The van der Waals surface area contributed by atoms with Crippen molar-refractivity contribution in [3.8, 4) is 5.75 Å². The Labute approximate surface area is 241 Å². The monoisotopic (exact) mass is 576 g/mol. The molecule has 216 valence electrons. The molecular formula is C32H36N2O6S. The Morgan fingerprint density at radius 2 is 1.66 bits per heavy atom. The lowest BCUT2D eigenvalue weighted by atomic mass is 9.93. The first kappa shape index (κ1) is 30.0. The van der Waals surface area contributed by atoms with Crippen LogP contribution in [0.2, 0.25) is 0 Å². The number of fused-ring (bicyclic) bond motifs is 1. The van der Waals surface area contributed by atoms with Crippen LogP contribution >= 0.6 is 0 Å². The molecule has 0 saturated carbocycles. The maximum atomic E-state index is 13.1. The van der Waals surface area contributed by atoms with Crippen molar-refractivity contribution in [2.45, 2.75) is 36.8 Å². The number of β-amino-alcohol motifs (C(OH)–C–C–N with tert-alkyl or cyclic N) is 1. The highest BCUT2D eigenvalue weighted by Crippen LogP contribution is 2.25. The average Bonchev–Trinajstić information content (AvgIpc) is 2.98. The summed E-state index contributed by atoms with van der Waals surface area (Å²) in [6.07, 6.45) is 0.0618. The summed E-state index contributed by atoms with van der Waals surface area (Å²) in [4.78, 5) is 11.8. The van der Waals surface area contributed by atoms with Crippen LogP contribution in [0.15, 0.2) is 95.9 Å². The molecule has 0 heterocycles. The third-order valence-electron chi connectivity index (χ3n) is 6.83. The van der Waals surface area contributed by atoms with Crippen molar-refractivity contribution >= 4 is 32.5 Å². The van der Waals surface area contributed by atoms with Crippen molar-refractivity contribution in [2.75, 3.05) is 31.6 Å². The molecule has 4 aromatic rings. The van der Waals surface area contributed by atoms with Crippen LogP contribution in [0.3, 0.4) is 0 Å². The zero-order valence-corrected chi connectivity index (χ0v) is 24.5. The highest BCUT2D eigenvalue weighted by molar-refractivity contribution is 7.92. The maximum absolute atomic E-state index is 13.1. The normalized spacial score (nSPS) is 12.6. The van der Waals surface area contributed by atoms with Crippen molar-refractivity contribution in [3.05, 3.63) is 102 Å². The number of aliphatic hydroxyl groups excluding tert-OH is 1. The molecule has 0 aliphatic rings. The summed E-state index contributed by atoms with van der Waals surface area (Å²) in [6.45, 7) is 4.63. The summed E-state index contributed by atoms with van der Waals surface area (Å²) < 4.78 is 37.8. The predicted molar refractivity (Wildman–Crippen MR) is 161 cm³/mol. The van der Waals surface area contributed by atoms with Crippen molar-refractivity contribution in [3.63, 3.8) is 0 Å². The number of carbonyl (C=O) groups is 1. The summed E-state index contributed by atoms with van der Waals surface area (Å²) in [6, 6.07) is 27.0. The van der Waals surface area contributed by atoms with E-state index in [0.717, 1.165) is 10.7 Å². The number of ether oxygens (including phenoxy) is 2. The van der Waals surface area contributed by atoms with E-state index in [9.17, 15) is 18.3 Å². The van der Waals surface area contributed by atoms with Crippen molar-refractivity contribution in [2.24, 2.45) is 0 Å². The molecule has 0 fully saturated rings. The number of nitrogens with zero attached hydrogens (tertiary/aromatic N) is 1. The van der Waals surface area contributed by atoms with Crippen LogP contribution in [-0.2, 0) is 21.2 Å². The van der Waals surface area contributed by atoms with Gasteiger partial charge in [-0.25, -0.2) is 13.2 Å². The van der Waals surface area contributed by atoms with Crippen molar-refractivity contribution in [1.29, 1.82) is 0 Å². The van der Waals surface area contributed by atoms with E-state index in [1.54, 1.807) is 24.3 Å². The Hall–Kier alpha value is -3.92. The van der Waals surface area contributed by atoms with Gasteiger partial charge >= 0.3 is 5.97 Å². The molecule has 0 aliphatic carbocycles. The summed E-state index contributed by atoms with van der Waals surface area (Å²) in [5.74, 6) is -0.112. The van der Waals surface area contributed by atoms with Gasteiger partial charge in [0.15, 0.2) is 0 Å². The Kier molecular flexibility index (Phi) is 9.32. The lowest BCUT2D eigenvalue weighted by Crippen LogP contribution is -2.46. The topological polar surface area (TPSA) is 105 Å². The fourth-order valence-corrected chi connectivity index (χ4v) is 5.76. The second-order valence-electron chi connectivity index (χ2n) is 10.6. The Bertz CT molecular complexity index is 1600. The fraction of sp³-hybridized carbons (Fsp3) is 0.281. The second-order valence-corrected chi connectivity index (χ2v) is 12.5. The van der Waals surface area contributed by atoms with Crippen LogP contribution in [0.4, 0.5) is 5.69 Å². The summed E-state index contributed by atoms with van der Waals surface area (Å²) in [5.41, 5.74) is 1.54. The van der Waals surface area contributed by atoms with E-state index in [1.165, 1.54) is 54.8 Å². The highest BCUT2D eigenvalue weighted by atomic mass is 32.2.